The maximum absolute atomic E-state index is 13.1. The molecule has 0 N–H and O–H groups in total. The van der Waals surface area contributed by atoms with Gasteiger partial charge in [-0.05, 0) is 86.8 Å². The van der Waals surface area contributed by atoms with Crippen LogP contribution in [0.4, 0.5) is 0 Å². The molecule has 1 aromatic rings. The summed E-state index contributed by atoms with van der Waals surface area (Å²) < 4.78 is 0. The van der Waals surface area contributed by atoms with Crippen LogP contribution in [0.2, 0.25) is 0 Å². The summed E-state index contributed by atoms with van der Waals surface area (Å²) in [6, 6.07) is 4.35. The van der Waals surface area contributed by atoms with Crippen LogP contribution in [0, 0.1) is 30.6 Å². The van der Waals surface area contributed by atoms with Crippen molar-refractivity contribution in [1.82, 2.24) is 0 Å². The van der Waals surface area contributed by atoms with Gasteiger partial charge in [-0.2, -0.15) is 0 Å². The molecule has 0 spiro atoms. The Morgan fingerprint density at radius 2 is 1.68 bits per heavy atom. The molecule has 2 aliphatic rings. The molecule has 2 aliphatic carbocycles. The average Bonchev–Trinajstić information content (AvgIpc) is 2.71. The lowest BCUT2D eigenvalue weighted by Crippen LogP contribution is -2.30. The predicted molar refractivity (Wildman–Crippen MR) is 151 cm³/mol. The van der Waals surface area contributed by atoms with E-state index in [1.807, 2.05) is 6.92 Å². The minimum absolute atomic E-state index is 0.0217. The van der Waals surface area contributed by atoms with E-state index in [0.717, 1.165) is 56.1 Å². The molecule has 0 saturated heterocycles. The molecular formula is C33H50O4. The Labute approximate surface area is 225 Å². The van der Waals surface area contributed by atoms with E-state index < -0.39 is 0 Å². The van der Waals surface area contributed by atoms with E-state index in [9.17, 15) is 19.2 Å². The first-order valence-corrected chi connectivity index (χ1v) is 14.5. The highest BCUT2D eigenvalue weighted by Crippen LogP contribution is 2.38. The lowest BCUT2D eigenvalue weighted by Gasteiger charge is -2.33. The van der Waals surface area contributed by atoms with Gasteiger partial charge in [0.05, 0.1) is 6.42 Å². The molecule has 3 rings (SSSR count). The Bertz CT molecular complexity index is 977. The fraction of sp³-hybridized carbons (Fsp3) is 0.697. The molecule has 0 bridgehead atoms. The summed E-state index contributed by atoms with van der Waals surface area (Å²) in [4.78, 5) is 47.8. The van der Waals surface area contributed by atoms with Crippen LogP contribution in [0.1, 0.15) is 133 Å². The first kappa shape index (κ1) is 31.1. The Kier molecular flexibility index (Phi) is 11.5. The zero-order valence-corrected chi connectivity index (χ0v) is 24.7. The SMILES string of the molecule is CC(=O)C1CCC1.CCCC(CC1CC(=O)c2c(ccc(C(C)(C)C)c2C)C1)C(CC)C(=O)CC(C)=O. The van der Waals surface area contributed by atoms with E-state index in [2.05, 4.69) is 46.8 Å². The Balaban J connectivity index is 0.000000591. The molecule has 0 amide bonds. The van der Waals surface area contributed by atoms with Crippen molar-refractivity contribution in [2.24, 2.45) is 23.7 Å². The van der Waals surface area contributed by atoms with Crippen molar-refractivity contribution in [2.45, 2.75) is 125 Å². The molecule has 0 heterocycles. The second-order valence-corrected chi connectivity index (χ2v) is 12.6. The summed E-state index contributed by atoms with van der Waals surface area (Å²) in [6.45, 7) is 16.0. The van der Waals surface area contributed by atoms with Crippen LogP contribution in [0.5, 0.6) is 0 Å². The molecular weight excluding hydrogens is 460 g/mol. The van der Waals surface area contributed by atoms with Crippen LogP contribution in [0.15, 0.2) is 12.1 Å². The van der Waals surface area contributed by atoms with E-state index in [0.29, 0.717) is 18.1 Å². The molecule has 3 unspecified atom stereocenters. The monoisotopic (exact) mass is 510 g/mol. The van der Waals surface area contributed by atoms with Gasteiger partial charge < -0.3 is 0 Å². The molecule has 1 fully saturated rings. The van der Waals surface area contributed by atoms with Gasteiger partial charge in [-0.3, -0.25) is 19.2 Å². The van der Waals surface area contributed by atoms with Crippen LogP contribution >= 0.6 is 0 Å². The fourth-order valence-electron chi connectivity index (χ4n) is 6.35. The summed E-state index contributed by atoms with van der Waals surface area (Å²) in [6.07, 6.45) is 8.72. The zero-order valence-electron chi connectivity index (χ0n) is 24.7. The predicted octanol–water partition coefficient (Wildman–Crippen LogP) is 7.79. The minimum Gasteiger partial charge on any atom is -0.300 e. The summed E-state index contributed by atoms with van der Waals surface area (Å²) >= 11 is 0. The highest BCUT2D eigenvalue weighted by molar-refractivity contribution is 6.00. The third-order valence-corrected chi connectivity index (χ3v) is 8.44. The maximum Gasteiger partial charge on any atom is 0.163 e. The Hall–Kier alpha value is -2.10. The van der Waals surface area contributed by atoms with Gasteiger partial charge in [-0.1, -0.05) is 66.0 Å². The molecule has 4 heteroatoms. The van der Waals surface area contributed by atoms with Crippen molar-refractivity contribution in [3.05, 3.63) is 34.4 Å². The van der Waals surface area contributed by atoms with E-state index in [4.69, 9.17) is 0 Å². The van der Waals surface area contributed by atoms with Gasteiger partial charge in [0.15, 0.2) is 5.78 Å². The van der Waals surface area contributed by atoms with Gasteiger partial charge in [0.2, 0.25) is 0 Å². The van der Waals surface area contributed by atoms with Crippen molar-refractivity contribution in [1.29, 1.82) is 0 Å². The van der Waals surface area contributed by atoms with Crippen LogP contribution in [-0.2, 0) is 26.2 Å². The van der Waals surface area contributed by atoms with Crippen molar-refractivity contribution < 1.29 is 19.2 Å². The summed E-state index contributed by atoms with van der Waals surface area (Å²) in [5.74, 6) is 1.56. The van der Waals surface area contributed by atoms with Crippen molar-refractivity contribution in [2.75, 3.05) is 0 Å². The van der Waals surface area contributed by atoms with Crippen molar-refractivity contribution in [3.8, 4) is 0 Å². The van der Waals surface area contributed by atoms with Crippen LogP contribution in [-0.4, -0.2) is 23.1 Å². The molecule has 0 aromatic heterocycles. The van der Waals surface area contributed by atoms with E-state index in [1.54, 1.807) is 6.92 Å². The minimum atomic E-state index is -0.0737. The first-order valence-electron chi connectivity index (χ1n) is 14.5. The summed E-state index contributed by atoms with van der Waals surface area (Å²) in [5.41, 5.74) is 4.51. The maximum atomic E-state index is 13.1. The normalized spacial score (nSPS) is 19.1. The lowest BCUT2D eigenvalue weighted by atomic mass is 9.71. The van der Waals surface area contributed by atoms with Crippen LogP contribution in [0.3, 0.4) is 0 Å². The second-order valence-electron chi connectivity index (χ2n) is 12.6. The lowest BCUT2D eigenvalue weighted by molar-refractivity contribution is -0.130. The largest absolute Gasteiger partial charge is 0.300 e. The van der Waals surface area contributed by atoms with E-state index in [1.165, 1.54) is 24.5 Å². The summed E-state index contributed by atoms with van der Waals surface area (Å²) in [5, 5.41) is 0. The fourth-order valence-corrected chi connectivity index (χ4v) is 6.35. The van der Waals surface area contributed by atoms with Gasteiger partial charge in [-0.15, -0.1) is 0 Å². The van der Waals surface area contributed by atoms with Gasteiger partial charge in [0, 0.05) is 23.8 Å². The van der Waals surface area contributed by atoms with Crippen molar-refractivity contribution in [3.63, 3.8) is 0 Å². The standard InChI is InChI=1S/C27H40O3.C6H10O/c1-8-10-20(22(9-2)24(29)13-17(3)28)14-19-15-21-11-12-23(27(5,6)7)18(4)26(21)25(30)16-19;1-5(7)6-3-2-4-6/h11-12,19-20,22H,8-10,13-16H2,1-7H3;6H,2-4H2,1H3. The van der Waals surface area contributed by atoms with Gasteiger partial charge in [0.25, 0.3) is 0 Å². The van der Waals surface area contributed by atoms with E-state index >= 15 is 0 Å². The smallest absolute Gasteiger partial charge is 0.163 e. The summed E-state index contributed by atoms with van der Waals surface area (Å²) in [7, 11) is 0. The number of hydrogen-bond acceptors (Lipinski definition) is 4. The topological polar surface area (TPSA) is 68.3 Å². The number of hydrogen-bond donors (Lipinski definition) is 0. The Morgan fingerprint density at radius 3 is 2.11 bits per heavy atom. The highest BCUT2D eigenvalue weighted by atomic mass is 16.1. The highest BCUT2D eigenvalue weighted by Gasteiger charge is 2.34. The number of benzene rings is 1. The number of carbonyl (C=O) groups is 4. The van der Waals surface area contributed by atoms with E-state index in [-0.39, 0.29) is 46.9 Å². The molecule has 0 radical (unpaired) electrons. The molecule has 4 nitrogen and oxygen atoms in total. The Morgan fingerprint density at radius 1 is 1.03 bits per heavy atom. The van der Waals surface area contributed by atoms with Crippen LogP contribution in [0.25, 0.3) is 0 Å². The number of fused-ring (bicyclic) bond motifs is 1. The zero-order chi connectivity index (χ0) is 27.9. The van der Waals surface area contributed by atoms with Gasteiger partial charge in [0.1, 0.15) is 17.3 Å². The van der Waals surface area contributed by atoms with Crippen LogP contribution < -0.4 is 0 Å². The quantitative estimate of drug-likeness (QED) is 0.301. The third-order valence-electron chi connectivity index (χ3n) is 8.44. The number of rotatable bonds is 10. The third kappa shape index (κ3) is 8.45. The average molecular weight is 511 g/mol. The molecule has 3 atom stereocenters. The number of Topliss-reactive ketones (excluding diaryl/α,β-unsaturated/α-hetero) is 4. The number of ketones is 4. The molecule has 0 aliphatic heterocycles. The first-order chi connectivity index (χ1) is 17.3. The van der Waals surface area contributed by atoms with Crippen molar-refractivity contribution >= 4 is 23.1 Å². The molecule has 1 saturated carbocycles. The molecule has 206 valence electrons. The van der Waals surface area contributed by atoms with Gasteiger partial charge >= 0.3 is 0 Å². The molecule has 37 heavy (non-hydrogen) atoms. The number of carbonyl (C=O) groups excluding carboxylic acids is 4. The molecule has 1 aromatic carbocycles. The second kappa shape index (κ2) is 13.6. The van der Waals surface area contributed by atoms with Gasteiger partial charge in [-0.25, -0.2) is 0 Å².